The van der Waals surface area contributed by atoms with Crippen LogP contribution in [0.25, 0.3) is 0 Å². The summed E-state index contributed by atoms with van der Waals surface area (Å²) >= 11 is 1.70. The maximum atomic E-state index is 5.23. The van der Waals surface area contributed by atoms with E-state index >= 15 is 0 Å². The Kier molecular flexibility index (Phi) is 3.60. The highest BCUT2D eigenvalue weighted by Gasteiger charge is 2.08. The Bertz CT molecular complexity index is 621. The van der Waals surface area contributed by atoms with Gasteiger partial charge in [0.2, 0.25) is 5.89 Å². The van der Waals surface area contributed by atoms with Crippen molar-refractivity contribution in [2.45, 2.75) is 19.3 Å². The highest BCUT2D eigenvalue weighted by Crippen LogP contribution is 2.13. The molecule has 0 aliphatic carbocycles. The Morgan fingerprint density at radius 1 is 1.21 bits per heavy atom. The zero-order valence-electron chi connectivity index (χ0n) is 10.2. The van der Waals surface area contributed by atoms with Gasteiger partial charge in [0.15, 0.2) is 5.82 Å². The Labute approximate surface area is 114 Å². The summed E-state index contributed by atoms with van der Waals surface area (Å²) in [4.78, 5) is 13.9. The molecule has 0 spiro atoms. The maximum Gasteiger partial charge on any atom is 0.227 e. The van der Waals surface area contributed by atoms with Crippen molar-refractivity contribution in [2.24, 2.45) is 0 Å². The number of hydrogen-bond donors (Lipinski definition) is 0. The van der Waals surface area contributed by atoms with Crippen LogP contribution in [0.15, 0.2) is 40.6 Å². The van der Waals surface area contributed by atoms with Crippen molar-refractivity contribution in [3.8, 4) is 0 Å². The normalized spacial score (nSPS) is 10.7. The van der Waals surface area contributed by atoms with Gasteiger partial charge in [-0.1, -0.05) is 11.2 Å². The van der Waals surface area contributed by atoms with E-state index in [4.69, 9.17) is 4.52 Å². The van der Waals surface area contributed by atoms with Gasteiger partial charge in [0.1, 0.15) is 0 Å². The lowest BCUT2D eigenvalue weighted by Crippen LogP contribution is -1.95. The number of aryl methyl sites for hydroxylation is 2. The largest absolute Gasteiger partial charge is 0.339 e. The van der Waals surface area contributed by atoms with E-state index in [1.54, 1.807) is 29.9 Å². The topological polar surface area (TPSA) is 64.7 Å². The Hall–Kier alpha value is -2.08. The van der Waals surface area contributed by atoms with Gasteiger partial charge in [0.25, 0.3) is 0 Å². The lowest BCUT2D eigenvalue weighted by Gasteiger charge is -1.94. The molecule has 0 aliphatic rings. The molecule has 0 aliphatic heterocycles. The molecule has 0 unspecified atom stereocenters. The van der Waals surface area contributed by atoms with Crippen LogP contribution >= 0.6 is 11.3 Å². The highest BCUT2D eigenvalue weighted by atomic mass is 32.1. The summed E-state index contributed by atoms with van der Waals surface area (Å²) in [5.74, 6) is 1.38. The summed E-state index contributed by atoms with van der Waals surface area (Å²) in [6, 6.07) is 4.09. The van der Waals surface area contributed by atoms with Crippen molar-refractivity contribution in [3.05, 3.63) is 58.4 Å². The molecule has 0 saturated carbocycles. The van der Waals surface area contributed by atoms with Crippen molar-refractivity contribution in [1.82, 2.24) is 20.1 Å². The molecule has 0 radical (unpaired) electrons. The molecule has 0 N–H and O–H groups in total. The van der Waals surface area contributed by atoms with Gasteiger partial charge in [-0.3, -0.25) is 9.97 Å². The van der Waals surface area contributed by atoms with Crippen molar-refractivity contribution in [2.75, 3.05) is 0 Å². The van der Waals surface area contributed by atoms with Crippen LogP contribution in [0.5, 0.6) is 0 Å². The van der Waals surface area contributed by atoms with Crippen LogP contribution in [0, 0.1) is 0 Å². The molecule has 0 bridgehead atoms. The molecule has 3 aromatic rings. The quantitative estimate of drug-likeness (QED) is 0.713. The standard InChI is InChI=1S/C13H12N4OS/c1-2-11(19-7-1)8-12-16-13(18-17-12)4-3-10-9-14-5-6-15-10/h1-2,5-7,9H,3-4,8H2. The summed E-state index contributed by atoms with van der Waals surface area (Å²) in [6.45, 7) is 0. The minimum atomic E-state index is 0.650. The molecular weight excluding hydrogens is 260 g/mol. The van der Waals surface area contributed by atoms with E-state index < -0.39 is 0 Å². The molecule has 3 heterocycles. The number of aromatic nitrogens is 4. The minimum Gasteiger partial charge on any atom is -0.339 e. The smallest absolute Gasteiger partial charge is 0.227 e. The van der Waals surface area contributed by atoms with Crippen LogP contribution in [-0.4, -0.2) is 20.1 Å². The van der Waals surface area contributed by atoms with Crippen LogP contribution in [0.2, 0.25) is 0 Å². The van der Waals surface area contributed by atoms with Gasteiger partial charge in [-0.05, 0) is 17.9 Å². The maximum absolute atomic E-state index is 5.23. The van der Waals surface area contributed by atoms with Crippen LogP contribution in [0.1, 0.15) is 22.3 Å². The molecule has 0 amide bonds. The molecule has 96 valence electrons. The van der Waals surface area contributed by atoms with E-state index in [1.807, 2.05) is 11.4 Å². The Morgan fingerprint density at radius 3 is 3.00 bits per heavy atom. The van der Waals surface area contributed by atoms with E-state index in [1.165, 1.54) is 4.88 Å². The molecule has 19 heavy (non-hydrogen) atoms. The van der Waals surface area contributed by atoms with Crippen molar-refractivity contribution in [1.29, 1.82) is 0 Å². The Morgan fingerprint density at radius 2 is 2.21 bits per heavy atom. The molecule has 0 aromatic carbocycles. The number of rotatable bonds is 5. The first-order valence-corrected chi connectivity index (χ1v) is 6.87. The lowest BCUT2D eigenvalue weighted by atomic mass is 10.2. The molecule has 6 heteroatoms. The number of nitrogens with zero attached hydrogens (tertiary/aromatic N) is 4. The molecule has 0 fully saturated rings. The van der Waals surface area contributed by atoms with Gasteiger partial charge in [-0.2, -0.15) is 4.98 Å². The van der Waals surface area contributed by atoms with Crippen molar-refractivity contribution < 1.29 is 4.52 Å². The van der Waals surface area contributed by atoms with Gasteiger partial charge in [0.05, 0.1) is 5.69 Å². The minimum absolute atomic E-state index is 0.650. The molecule has 0 atom stereocenters. The van der Waals surface area contributed by atoms with Gasteiger partial charge in [-0.15, -0.1) is 11.3 Å². The van der Waals surface area contributed by atoms with Gasteiger partial charge in [0, 0.05) is 36.3 Å². The van der Waals surface area contributed by atoms with Gasteiger partial charge < -0.3 is 4.52 Å². The average molecular weight is 272 g/mol. The third-order valence-electron chi connectivity index (χ3n) is 2.63. The first-order chi connectivity index (χ1) is 9.40. The van der Waals surface area contributed by atoms with E-state index in [-0.39, 0.29) is 0 Å². The molecular formula is C13H12N4OS. The van der Waals surface area contributed by atoms with E-state index in [9.17, 15) is 0 Å². The summed E-state index contributed by atoms with van der Waals surface area (Å²) < 4.78 is 5.23. The predicted molar refractivity (Wildman–Crippen MR) is 70.9 cm³/mol. The number of thiophene rings is 1. The second-order valence-electron chi connectivity index (χ2n) is 4.06. The molecule has 5 nitrogen and oxygen atoms in total. The first-order valence-electron chi connectivity index (χ1n) is 5.99. The number of hydrogen-bond acceptors (Lipinski definition) is 6. The first kappa shape index (κ1) is 12.0. The van der Waals surface area contributed by atoms with Crippen LogP contribution in [0.4, 0.5) is 0 Å². The predicted octanol–water partition coefficient (Wildman–Crippen LogP) is 2.30. The fourth-order valence-corrected chi connectivity index (χ4v) is 2.43. The zero-order chi connectivity index (χ0) is 12.9. The van der Waals surface area contributed by atoms with E-state index in [2.05, 4.69) is 26.2 Å². The average Bonchev–Trinajstić information content (AvgIpc) is 3.10. The fourth-order valence-electron chi connectivity index (χ4n) is 1.73. The molecule has 3 aromatic heterocycles. The summed E-state index contributed by atoms with van der Waals surface area (Å²) in [6.07, 6.45) is 7.28. The Balaban J connectivity index is 1.59. The third kappa shape index (κ3) is 3.23. The van der Waals surface area contributed by atoms with Crippen LogP contribution < -0.4 is 0 Å². The summed E-state index contributed by atoms with van der Waals surface area (Å²) in [7, 11) is 0. The second kappa shape index (κ2) is 5.71. The lowest BCUT2D eigenvalue weighted by molar-refractivity contribution is 0.373. The highest BCUT2D eigenvalue weighted by molar-refractivity contribution is 7.09. The van der Waals surface area contributed by atoms with E-state index in [0.717, 1.165) is 24.4 Å². The summed E-state index contributed by atoms with van der Waals surface area (Å²) in [5.41, 5.74) is 0.931. The monoisotopic (exact) mass is 272 g/mol. The second-order valence-corrected chi connectivity index (χ2v) is 5.09. The van der Waals surface area contributed by atoms with E-state index in [0.29, 0.717) is 12.3 Å². The summed E-state index contributed by atoms with van der Waals surface area (Å²) in [5, 5.41) is 6.03. The molecule has 0 saturated heterocycles. The SMILES string of the molecule is c1csc(Cc2noc(CCc3cnccn3)n2)c1. The third-order valence-corrected chi connectivity index (χ3v) is 3.51. The van der Waals surface area contributed by atoms with Crippen molar-refractivity contribution in [3.63, 3.8) is 0 Å². The van der Waals surface area contributed by atoms with Gasteiger partial charge in [-0.25, -0.2) is 0 Å². The zero-order valence-corrected chi connectivity index (χ0v) is 11.0. The van der Waals surface area contributed by atoms with Crippen molar-refractivity contribution >= 4 is 11.3 Å². The van der Waals surface area contributed by atoms with Crippen LogP contribution in [-0.2, 0) is 19.3 Å². The van der Waals surface area contributed by atoms with Gasteiger partial charge >= 0.3 is 0 Å². The molecule has 3 rings (SSSR count). The van der Waals surface area contributed by atoms with Crippen LogP contribution in [0.3, 0.4) is 0 Å². The fraction of sp³-hybridized carbons (Fsp3) is 0.231.